The van der Waals surface area contributed by atoms with Gasteiger partial charge in [-0.15, -0.1) is 0 Å². The van der Waals surface area contributed by atoms with Gasteiger partial charge in [0.05, 0.1) is 6.61 Å². The Morgan fingerprint density at radius 1 is 0.737 bits per heavy atom. The minimum Gasteiger partial charge on any atom is -0.494 e. The van der Waals surface area contributed by atoms with Gasteiger partial charge in [0.1, 0.15) is 5.75 Å². The molecule has 19 heavy (non-hydrogen) atoms. The van der Waals surface area contributed by atoms with Crippen LogP contribution in [0.2, 0.25) is 0 Å². The first-order valence-electron chi connectivity index (χ1n) is 7.15. The number of ether oxygens (including phenoxy) is 1. The molecule has 0 aliphatic heterocycles. The summed E-state index contributed by atoms with van der Waals surface area (Å²) in [6.07, 6.45) is 3.40. The lowest BCUT2D eigenvalue weighted by Crippen LogP contribution is -1.94. The van der Waals surface area contributed by atoms with Crippen molar-refractivity contribution in [3.8, 4) is 16.9 Å². The second-order valence-electron chi connectivity index (χ2n) is 4.82. The Morgan fingerprint density at radius 2 is 1.32 bits per heavy atom. The summed E-state index contributed by atoms with van der Waals surface area (Å²) < 4.78 is 5.60. The molecule has 0 amide bonds. The summed E-state index contributed by atoms with van der Waals surface area (Å²) in [6, 6.07) is 17.2. The molecule has 0 saturated carbocycles. The fourth-order valence-electron chi connectivity index (χ4n) is 2.12. The van der Waals surface area contributed by atoms with Crippen molar-refractivity contribution in [3.63, 3.8) is 0 Å². The summed E-state index contributed by atoms with van der Waals surface area (Å²) >= 11 is 0. The van der Waals surface area contributed by atoms with Crippen molar-refractivity contribution in [3.05, 3.63) is 54.1 Å². The normalized spacial score (nSPS) is 10.4. The molecule has 0 radical (unpaired) electrons. The van der Waals surface area contributed by atoms with Crippen LogP contribution in [-0.4, -0.2) is 6.61 Å². The summed E-state index contributed by atoms with van der Waals surface area (Å²) in [5, 5.41) is 0. The largest absolute Gasteiger partial charge is 0.494 e. The minimum absolute atomic E-state index is 0.783. The fraction of sp³-hybridized carbons (Fsp3) is 0.333. The van der Waals surface area contributed by atoms with E-state index in [9.17, 15) is 0 Å². The highest BCUT2D eigenvalue weighted by Gasteiger charge is 1.99. The third-order valence-corrected chi connectivity index (χ3v) is 3.15. The molecular formula is C18H22O. The van der Waals surface area contributed by atoms with E-state index in [4.69, 9.17) is 4.74 Å². The monoisotopic (exact) mass is 254 g/mol. The molecule has 0 aromatic heterocycles. The van der Waals surface area contributed by atoms with Gasteiger partial charge in [-0.25, -0.2) is 0 Å². The number of aryl methyl sites for hydroxylation is 1. The molecule has 2 aromatic rings. The maximum absolute atomic E-state index is 5.60. The standard InChI is InChI=1S/C18H22O/c1-3-5-15-6-8-16(9-7-15)17-10-12-18(13-11-17)19-14-4-2/h6-13H,3-5,14H2,1-2H3. The van der Waals surface area contributed by atoms with Gasteiger partial charge in [0.2, 0.25) is 0 Å². The van der Waals surface area contributed by atoms with Crippen molar-refractivity contribution in [2.45, 2.75) is 33.1 Å². The van der Waals surface area contributed by atoms with Crippen molar-refractivity contribution in [1.82, 2.24) is 0 Å². The highest BCUT2D eigenvalue weighted by molar-refractivity contribution is 5.64. The lowest BCUT2D eigenvalue weighted by molar-refractivity contribution is 0.317. The number of hydrogen-bond acceptors (Lipinski definition) is 1. The molecule has 1 heteroatoms. The predicted octanol–water partition coefficient (Wildman–Crippen LogP) is 5.09. The van der Waals surface area contributed by atoms with Crippen molar-refractivity contribution < 1.29 is 4.74 Å². The summed E-state index contributed by atoms with van der Waals surface area (Å²) in [5.41, 5.74) is 3.92. The predicted molar refractivity (Wildman–Crippen MR) is 81.7 cm³/mol. The van der Waals surface area contributed by atoms with E-state index in [2.05, 4.69) is 50.2 Å². The average molecular weight is 254 g/mol. The Morgan fingerprint density at radius 3 is 1.84 bits per heavy atom. The lowest BCUT2D eigenvalue weighted by Gasteiger charge is -2.07. The summed E-state index contributed by atoms with van der Waals surface area (Å²) in [7, 11) is 0. The summed E-state index contributed by atoms with van der Waals surface area (Å²) in [4.78, 5) is 0. The van der Waals surface area contributed by atoms with E-state index in [-0.39, 0.29) is 0 Å². The topological polar surface area (TPSA) is 9.23 Å². The Bertz CT molecular complexity index is 482. The average Bonchev–Trinajstić information content (AvgIpc) is 2.47. The van der Waals surface area contributed by atoms with Crippen LogP contribution in [0, 0.1) is 0 Å². The van der Waals surface area contributed by atoms with E-state index in [0.717, 1.165) is 25.2 Å². The second-order valence-corrected chi connectivity index (χ2v) is 4.82. The molecule has 0 saturated heterocycles. The molecule has 0 fully saturated rings. The quantitative estimate of drug-likeness (QED) is 0.697. The smallest absolute Gasteiger partial charge is 0.119 e. The molecule has 1 nitrogen and oxygen atoms in total. The van der Waals surface area contributed by atoms with Gasteiger partial charge in [0.25, 0.3) is 0 Å². The molecule has 0 heterocycles. The van der Waals surface area contributed by atoms with Crippen LogP contribution >= 0.6 is 0 Å². The van der Waals surface area contributed by atoms with E-state index in [1.165, 1.54) is 23.1 Å². The van der Waals surface area contributed by atoms with Gasteiger partial charge >= 0.3 is 0 Å². The van der Waals surface area contributed by atoms with E-state index >= 15 is 0 Å². The Hall–Kier alpha value is -1.76. The first-order valence-corrected chi connectivity index (χ1v) is 7.15. The third-order valence-electron chi connectivity index (χ3n) is 3.15. The van der Waals surface area contributed by atoms with Gasteiger partial charge in [0.15, 0.2) is 0 Å². The van der Waals surface area contributed by atoms with Gasteiger partial charge in [-0.1, -0.05) is 56.7 Å². The van der Waals surface area contributed by atoms with Gasteiger partial charge in [-0.2, -0.15) is 0 Å². The number of rotatable bonds is 6. The molecule has 0 aliphatic rings. The van der Waals surface area contributed by atoms with Crippen LogP contribution in [-0.2, 0) is 6.42 Å². The van der Waals surface area contributed by atoms with Crippen LogP contribution in [0.4, 0.5) is 0 Å². The summed E-state index contributed by atoms with van der Waals surface area (Å²) in [6.45, 7) is 5.11. The molecule has 2 aromatic carbocycles. The van der Waals surface area contributed by atoms with Gasteiger partial charge in [-0.3, -0.25) is 0 Å². The lowest BCUT2D eigenvalue weighted by atomic mass is 10.0. The van der Waals surface area contributed by atoms with Crippen LogP contribution in [0.1, 0.15) is 32.3 Å². The first-order chi connectivity index (χ1) is 9.33. The Balaban J connectivity index is 2.08. The SMILES string of the molecule is CCCOc1ccc(-c2ccc(CCC)cc2)cc1. The molecule has 0 aliphatic carbocycles. The van der Waals surface area contributed by atoms with Crippen LogP contribution in [0.15, 0.2) is 48.5 Å². The zero-order chi connectivity index (χ0) is 13.5. The Kier molecular flexibility index (Phi) is 5.02. The molecular weight excluding hydrogens is 232 g/mol. The highest BCUT2D eigenvalue weighted by atomic mass is 16.5. The van der Waals surface area contributed by atoms with Gasteiger partial charge < -0.3 is 4.74 Å². The van der Waals surface area contributed by atoms with E-state index < -0.39 is 0 Å². The van der Waals surface area contributed by atoms with E-state index in [1.54, 1.807) is 0 Å². The van der Waals surface area contributed by atoms with Gasteiger partial charge in [0, 0.05) is 0 Å². The van der Waals surface area contributed by atoms with Crippen LogP contribution in [0.5, 0.6) is 5.75 Å². The maximum Gasteiger partial charge on any atom is 0.119 e. The number of benzene rings is 2. The van der Waals surface area contributed by atoms with Crippen molar-refractivity contribution in [1.29, 1.82) is 0 Å². The zero-order valence-electron chi connectivity index (χ0n) is 11.9. The van der Waals surface area contributed by atoms with E-state index in [1.807, 2.05) is 12.1 Å². The van der Waals surface area contributed by atoms with Gasteiger partial charge in [-0.05, 0) is 41.7 Å². The molecule has 2 rings (SSSR count). The fourth-order valence-corrected chi connectivity index (χ4v) is 2.12. The van der Waals surface area contributed by atoms with Crippen molar-refractivity contribution >= 4 is 0 Å². The third kappa shape index (κ3) is 3.85. The van der Waals surface area contributed by atoms with Crippen molar-refractivity contribution in [2.75, 3.05) is 6.61 Å². The zero-order valence-corrected chi connectivity index (χ0v) is 11.9. The number of hydrogen-bond donors (Lipinski definition) is 0. The van der Waals surface area contributed by atoms with Crippen LogP contribution < -0.4 is 4.74 Å². The molecule has 0 spiro atoms. The molecule has 100 valence electrons. The van der Waals surface area contributed by atoms with E-state index in [0.29, 0.717) is 0 Å². The molecule has 0 atom stereocenters. The van der Waals surface area contributed by atoms with Crippen LogP contribution in [0.3, 0.4) is 0 Å². The van der Waals surface area contributed by atoms with Crippen LogP contribution in [0.25, 0.3) is 11.1 Å². The minimum atomic E-state index is 0.783. The molecule has 0 unspecified atom stereocenters. The maximum atomic E-state index is 5.60. The summed E-state index contributed by atoms with van der Waals surface area (Å²) in [5.74, 6) is 0.952. The molecule has 0 N–H and O–H groups in total. The van der Waals surface area contributed by atoms with Crippen molar-refractivity contribution in [2.24, 2.45) is 0 Å². The molecule has 0 bridgehead atoms. The Labute approximate surface area is 116 Å². The highest BCUT2D eigenvalue weighted by Crippen LogP contribution is 2.23. The first kappa shape index (κ1) is 13.7. The second kappa shape index (κ2) is 6.98.